The predicted octanol–water partition coefficient (Wildman–Crippen LogP) is 2.14. The summed E-state index contributed by atoms with van der Waals surface area (Å²) in [4.78, 5) is 4.40. The molecule has 1 rings (SSSR count). The Morgan fingerprint density at radius 1 is 1.41 bits per heavy atom. The standard InChI is InChI=1S/C14H24N2O/c1-4-12-7-6-8-16-13(12)9-15-10-14(3,5-2)11-17/h6-8,15,17H,4-5,9-11H2,1-3H3. The van der Waals surface area contributed by atoms with Crippen LogP contribution in [0.4, 0.5) is 0 Å². The largest absolute Gasteiger partial charge is 0.396 e. The fourth-order valence-corrected chi connectivity index (χ4v) is 1.73. The molecule has 0 aliphatic rings. The summed E-state index contributed by atoms with van der Waals surface area (Å²) in [6.45, 7) is 8.17. The maximum atomic E-state index is 9.33. The molecule has 0 saturated heterocycles. The monoisotopic (exact) mass is 236 g/mol. The number of pyridine rings is 1. The van der Waals surface area contributed by atoms with E-state index in [1.807, 2.05) is 12.3 Å². The predicted molar refractivity (Wildman–Crippen MR) is 70.8 cm³/mol. The van der Waals surface area contributed by atoms with Gasteiger partial charge in [0.2, 0.25) is 0 Å². The number of aliphatic hydroxyl groups is 1. The fourth-order valence-electron chi connectivity index (χ4n) is 1.73. The molecule has 0 fully saturated rings. The molecule has 1 aromatic rings. The van der Waals surface area contributed by atoms with Gasteiger partial charge in [0.15, 0.2) is 0 Å². The molecule has 17 heavy (non-hydrogen) atoms. The van der Waals surface area contributed by atoms with Crippen molar-refractivity contribution in [3.63, 3.8) is 0 Å². The van der Waals surface area contributed by atoms with Crippen molar-refractivity contribution in [1.82, 2.24) is 10.3 Å². The van der Waals surface area contributed by atoms with Crippen LogP contribution in [0.3, 0.4) is 0 Å². The van der Waals surface area contributed by atoms with Gasteiger partial charge >= 0.3 is 0 Å². The summed E-state index contributed by atoms with van der Waals surface area (Å²) in [7, 11) is 0. The lowest BCUT2D eigenvalue weighted by atomic mass is 9.88. The lowest BCUT2D eigenvalue weighted by Gasteiger charge is -2.26. The normalized spacial score (nSPS) is 14.6. The average Bonchev–Trinajstić information content (AvgIpc) is 2.39. The highest BCUT2D eigenvalue weighted by Gasteiger charge is 2.20. The number of hydrogen-bond donors (Lipinski definition) is 2. The van der Waals surface area contributed by atoms with E-state index in [-0.39, 0.29) is 12.0 Å². The molecule has 0 amide bonds. The summed E-state index contributed by atoms with van der Waals surface area (Å²) in [6.07, 6.45) is 3.82. The first kappa shape index (κ1) is 14.1. The van der Waals surface area contributed by atoms with Gasteiger partial charge in [-0.15, -0.1) is 0 Å². The fraction of sp³-hybridized carbons (Fsp3) is 0.643. The Balaban J connectivity index is 2.51. The zero-order valence-electron chi connectivity index (χ0n) is 11.2. The Morgan fingerprint density at radius 2 is 2.18 bits per heavy atom. The van der Waals surface area contributed by atoms with Crippen LogP contribution in [-0.2, 0) is 13.0 Å². The zero-order valence-corrected chi connectivity index (χ0v) is 11.2. The number of aryl methyl sites for hydroxylation is 1. The first-order valence-corrected chi connectivity index (χ1v) is 6.39. The Bertz CT molecular complexity index is 335. The molecule has 0 spiro atoms. The summed E-state index contributed by atoms with van der Waals surface area (Å²) in [5.74, 6) is 0. The second-order valence-corrected chi connectivity index (χ2v) is 4.89. The maximum absolute atomic E-state index is 9.33. The van der Waals surface area contributed by atoms with Gasteiger partial charge in [-0.2, -0.15) is 0 Å². The van der Waals surface area contributed by atoms with Gasteiger partial charge < -0.3 is 10.4 Å². The van der Waals surface area contributed by atoms with Gasteiger partial charge in [-0.3, -0.25) is 4.98 Å². The molecule has 0 radical (unpaired) electrons. The Labute approximate surface area is 104 Å². The molecule has 1 heterocycles. The molecular formula is C14H24N2O. The van der Waals surface area contributed by atoms with Crippen LogP contribution in [0.15, 0.2) is 18.3 Å². The summed E-state index contributed by atoms with van der Waals surface area (Å²) >= 11 is 0. The third-order valence-corrected chi connectivity index (χ3v) is 3.44. The van der Waals surface area contributed by atoms with E-state index in [1.54, 1.807) is 0 Å². The minimum atomic E-state index is -0.0266. The van der Waals surface area contributed by atoms with Crippen molar-refractivity contribution in [3.8, 4) is 0 Å². The maximum Gasteiger partial charge on any atom is 0.0573 e. The van der Waals surface area contributed by atoms with E-state index in [9.17, 15) is 5.11 Å². The van der Waals surface area contributed by atoms with Crippen molar-refractivity contribution in [3.05, 3.63) is 29.6 Å². The quantitative estimate of drug-likeness (QED) is 0.762. The number of aliphatic hydroxyl groups excluding tert-OH is 1. The molecule has 0 aliphatic heterocycles. The van der Waals surface area contributed by atoms with Gasteiger partial charge in [0, 0.05) is 31.3 Å². The van der Waals surface area contributed by atoms with Crippen LogP contribution < -0.4 is 5.32 Å². The van der Waals surface area contributed by atoms with E-state index in [0.29, 0.717) is 0 Å². The minimum Gasteiger partial charge on any atom is -0.396 e. The molecule has 0 bridgehead atoms. The number of aromatic nitrogens is 1. The van der Waals surface area contributed by atoms with Crippen molar-refractivity contribution in [1.29, 1.82) is 0 Å². The van der Waals surface area contributed by atoms with Gasteiger partial charge in [-0.05, 0) is 24.5 Å². The highest BCUT2D eigenvalue weighted by atomic mass is 16.3. The molecule has 0 aromatic carbocycles. The summed E-state index contributed by atoms with van der Waals surface area (Å²) in [5.41, 5.74) is 2.38. The van der Waals surface area contributed by atoms with E-state index in [1.165, 1.54) is 5.56 Å². The van der Waals surface area contributed by atoms with Crippen molar-refractivity contribution >= 4 is 0 Å². The van der Waals surface area contributed by atoms with E-state index < -0.39 is 0 Å². The summed E-state index contributed by atoms with van der Waals surface area (Å²) in [6, 6.07) is 4.10. The Hall–Kier alpha value is -0.930. The smallest absolute Gasteiger partial charge is 0.0573 e. The summed E-state index contributed by atoms with van der Waals surface area (Å²) < 4.78 is 0. The van der Waals surface area contributed by atoms with Crippen molar-refractivity contribution < 1.29 is 5.11 Å². The molecule has 0 aliphatic carbocycles. The Morgan fingerprint density at radius 3 is 2.76 bits per heavy atom. The average molecular weight is 236 g/mol. The molecule has 1 aromatic heterocycles. The van der Waals surface area contributed by atoms with Gasteiger partial charge in [0.25, 0.3) is 0 Å². The van der Waals surface area contributed by atoms with E-state index in [2.05, 4.69) is 37.1 Å². The molecule has 1 unspecified atom stereocenters. The number of hydrogen-bond acceptors (Lipinski definition) is 3. The highest BCUT2D eigenvalue weighted by Crippen LogP contribution is 2.18. The third kappa shape index (κ3) is 4.10. The zero-order chi connectivity index (χ0) is 12.7. The van der Waals surface area contributed by atoms with Crippen molar-refractivity contribution in [2.75, 3.05) is 13.2 Å². The lowest BCUT2D eigenvalue weighted by Crippen LogP contribution is -2.34. The van der Waals surface area contributed by atoms with E-state index in [0.717, 1.165) is 31.6 Å². The van der Waals surface area contributed by atoms with Crippen LogP contribution in [-0.4, -0.2) is 23.2 Å². The number of rotatable bonds is 7. The molecule has 2 N–H and O–H groups in total. The minimum absolute atomic E-state index is 0.0266. The molecule has 3 nitrogen and oxygen atoms in total. The van der Waals surface area contributed by atoms with Gasteiger partial charge in [0.1, 0.15) is 0 Å². The summed E-state index contributed by atoms with van der Waals surface area (Å²) in [5, 5.41) is 12.7. The van der Waals surface area contributed by atoms with Gasteiger partial charge in [-0.1, -0.05) is 26.8 Å². The molecule has 3 heteroatoms. The first-order valence-electron chi connectivity index (χ1n) is 6.39. The number of nitrogens with zero attached hydrogens (tertiary/aromatic N) is 1. The van der Waals surface area contributed by atoms with Crippen LogP contribution in [0.5, 0.6) is 0 Å². The SMILES string of the molecule is CCc1cccnc1CNCC(C)(CC)CO. The topological polar surface area (TPSA) is 45.2 Å². The van der Waals surface area contributed by atoms with E-state index >= 15 is 0 Å². The van der Waals surface area contributed by atoms with Crippen molar-refractivity contribution in [2.24, 2.45) is 5.41 Å². The number of nitrogens with one attached hydrogen (secondary N) is 1. The second-order valence-electron chi connectivity index (χ2n) is 4.89. The molecule has 96 valence electrons. The third-order valence-electron chi connectivity index (χ3n) is 3.44. The lowest BCUT2D eigenvalue weighted by molar-refractivity contribution is 0.135. The van der Waals surface area contributed by atoms with Crippen LogP contribution in [0.2, 0.25) is 0 Å². The molecular weight excluding hydrogens is 212 g/mol. The van der Waals surface area contributed by atoms with Gasteiger partial charge in [0.05, 0.1) is 5.69 Å². The van der Waals surface area contributed by atoms with Crippen LogP contribution in [0.1, 0.15) is 38.4 Å². The van der Waals surface area contributed by atoms with Crippen LogP contribution in [0.25, 0.3) is 0 Å². The van der Waals surface area contributed by atoms with Crippen molar-refractivity contribution in [2.45, 2.75) is 40.2 Å². The highest BCUT2D eigenvalue weighted by molar-refractivity contribution is 5.19. The van der Waals surface area contributed by atoms with Gasteiger partial charge in [-0.25, -0.2) is 0 Å². The molecule has 0 saturated carbocycles. The molecule has 1 atom stereocenters. The second kappa shape index (κ2) is 6.72. The Kier molecular flexibility index (Phi) is 5.59. The van der Waals surface area contributed by atoms with Crippen LogP contribution >= 0.6 is 0 Å². The van der Waals surface area contributed by atoms with Crippen LogP contribution in [0, 0.1) is 5.41 Å². The van der Waals surface area contributed by atoms with E-state index in [4.69, 9.17) is 0 Å². The first-order chi connectivity index (χ1) is 8.15.